The molecule has 18 heavy (non-hydrogen) atoms. The summed E-state index contributed by atoms with van der Waals surface area (Å²) in [7, 11) is 0. The van der Waals surface area contributed by atoms with Crippen LogP contribution in [-0.2, 0) is 9.47 Å². The molecule has 0 spiro atoms. The van der Waals surface area contributed by atoms with E-state index in [1.54, 1.807) is 6.08 Å². The molecule has 0 radical (unpaired) electrons. The van der Waals surface area contributed by atoms with Crippen LogP contribution in [0.1, 0.15) is 45.5 Å². The van der Waals surface area contributed by atoms with Crippen LogP contribution in [0.4, 0.5) is 0 Å². The highest BCUT2D eigenvalue weighted by Crippen LogP contribution is 2.30. The second-order valence-corrected chi connectivity index (χ2v) is 4.50. The zero-order valence-electron chi connectivity index (χ0n) is 11.6. The molecule has 0 N–H and O–H groups in total. The Kier molecular flexibility index (Phi) is 6.69. The Balaban J connectivity index is 0.000000492. The molecule has 1 aromatic carbocycles. The molecular formula is C16H24O2. The lowest BCUT2D eigenvalue weighted by Gasteiger charge is -2.34. The van der Waals surface area contributed by atoms with Crippen molar-refractivity contribution >= 4 is 0 Å². The van der Waals surface area contributed by atoms with Crippen LogP contribution in [0.2, 0.25) is 0 Å². The maximum absolute atomic E-state index is 5.87. The van der Waals surface area contributed by atoms with Crippen LogP contribution in [0.3, 0.4) is 0 Å². The molecule has 1 aliphatic rings. The van der Waals surface area contributed by atoms with E-state index in [0.717, 1.165) is 18.4 Å². The average Bonchev–Trinajstić information content (AvgIpc) is 2.40. The molecule has 1 aliphatic heterocycles. The van der Waals surface area contributed by atoms with Gasteiger partial charge in [-0.3, -0.25) is 0 Å². The van der Waals surface area contributed by atoms with Gasteiger partial charge >= 0.3 is 0 Å². The van der Waals surface area contributed by atoms with Gasteiger partial charge in [0.05, 0.1) is 12.2 Å². The zero-order chi connectivity index (χ0) is 13.4. The van der Waals surface area contributed by atoms with Gasteiger partial charge < -0.3 is 9.47 Å². The molecule has 1 aromatic rings. The highest BCUT2D eigenvalue weighted by Gasteiger charge is 2.27. The molecule has 2 heteroatoms. The molecule has 0 saturated carbocycles. The second-order valence-electron chi connectivity index (χ2n) is 4.50. The third-order valence-corrected chi connectivity index (χ3v) is 2.79. The van der Waals surface area contributed by atoms with Gasteiger partial charge in [-0.2, -0.15) is 0 Å². The van der Waals surface area contributed by atoms with Crippen LogP contribution in [-0.4, -0.2) is 12.2 Å². The zero-order valence-corrected chi connectivity index (χ0v) is 11.6. The topological polar surface area (TPSA) is 18.5 Å². The van der Waals surface area contributed by atoms with Crippen molar-refractivity contribution in [2.75, 3.05) is 0 Å². The van der Waals surface area contributed by atoms with E-state index in [-0.39, 0.29) is 12.4 Å². The summed E-state index contributed by atoms with van der Waals surface area (Å²) in [5.74, 6) is 0. The molecule has 1 heterocycles. The Hall–Kier alpha value is -1.12. The van der Waals surface area contributed by atoms with E-state index >= 15 is 0 Å². The highest BCUT2D eigenvalue weighted by atomic mass is 16.7. The predicted molar refractivity (Wildman–Crippen MR) is 75.4 cm³/mol. The van der Waals surface area contributed by atoms with Crippen LogP contribution in [0.5, 0.6) is 0 Å². The summed E-state index contributed by atoms with van der Waals surface area (Å²) >= 11 is 0. The summed E-state index contributed by atoms with van der Waals surface area (Å²) in [6.07, 6.45) is 4.24. The fourth-order valence-corrected chi connectivity index (χ4v) is 1.93. The summed E-state index contributed by atoms with van der Waals surface area (Å²) in [5.41, 5.74) is 1.11. The minimum Gasteiger partial charge on any atom is -0.345 e. The lowest BCUT2D eigenvalue weighted by molar-refractivity contribution is -0.243. The number of rotatable bonds is 2. The van der Waals surface area contributed by atoms with Crippen LogP contribution < -0.4 is 0 Å². The Bertz CT molecular complexity index is 334. The van der Waals surface area contributed by atoms with E-state index in [9.17, 15) is 0 Å². The predicted octanol–water partition coefficient (Wildman–Crippen LogP) is 4.48. The van der Waals surface area contributed by atoms with E-state index in [4.69, 9.17) is 9.47 Å². The first-order valence-electron chi connectivity index (χ1n) is 6.64. The standard InChI is InChI=1S/C13H18O2.C3H6/c1-3-12-9-10(2)14-13(15-12)11-7-5-4-6-8-11;1-3-2/h4-8,10,12-13H,3,9H2,1-2H3;3H,1H2,2H3. The van der Waals surface area contributed by atoms with Crippen molar-refractivity contribution in [3.63, 3.8) is 0 Å². The summed E-state index contributed by atoms with van der Waals surface area (Å²) in [4.78, 5) is 0. The molecule has 100 valence electrons. The first kappa shape index (κ1) is 14.9. The lowest BCUT2D eigenvalue weighted by Crippen LogP contribution is -2.31. The van der Waals surface area contributed by atoms with Gasteiger partial charge in [-0.15, -0.1) is 6.58 Å². The first-order chi connectivity index (χ1) is 8.71. The molecular weight excluding hydrogens is 224 g/mol. The van der Waals surface area contributed by atoms with Crippen molar-refractivity contribution in [3.8, 4) is 0 Å². The SMILES string of the molecule is C=CC.CCC1CC(C)OC(c2ccccc2)O1. The Labute approximate surface area is 111 Å². The monoisotopic (exact) mass is 248 g/mol. The lowest BCUT2D eigenvalue weighted by atomic mass is 10.1. The van der Waals surface area contributed by atoms with E-state index < -0.39 is 0 Å². The minimum atomic E-state index is -0.181. The van der Waals surface area contributed by atoms with Gasteiger partial charge in [0, 0.05) is 5.56 Å². The van der Waals surface area contributed by atoms with E-state index in [1.165, 1.54) is 0 Å². The van der Waals surface area contributed by atoms with E-state index in [2.05, 4.69) is 32.6 Å². The molecule has 1 fully saturated rings. The van der Waals surface area contributed by atoms with Crippen molar-refractivity contribution in [2.24, 2.45) is 0 Å². The quantitative estimate of drug-likeness (QED) is 0.718. The number of allylic oxidation sites excluding steroid dienone is 1. The van der Waals surface area contributed by atoms with E-state index in [0.29, 0.717) is 6.10 Å². The number of benzene rings is 1. The van der Waals surface area contributed by atoms with Gasteiger partial charge in [0.15, 0.2) is 6.29 Å². The van der Waals surface area contributed by atoms with Gasteiger partial charge in [-0.25, -0.2) is 0 Å². The normalized spacial score (nSPS) is 26.9. The summed E-state index contributed by atoms with van der Waals surface area (Å²) < 4.78 is 11.7. The maximum Gasteiger partial charge on any atom is 0.184 e. The van der Waals surface area contributed by atoms with Crippen molar-refractivity contribution < 1.29 is 9.47 Å². The van der Waals surface area contributed by atoms with Crippen molar-refractivity contribution in [1.29, 1.82) is 0 Å². The Morgan fingerprint density at radius 1 is 1.28 bits per heavy atom. The Morgan fingerprint density at radius 2 is 1.89 bits per heavy atom. The Morgan fingerprint density at radius 3 is 2.44 bits per heavy atom. The van der Waals surface area contributed by atoms with Gasteiger partial charge in [-0.05, 0) is 26.7 Å². The number of hydrogen-bond acceptors (Lipinski definition) is 2. The fraction of sp³-hybridized carbons (Fsp3) is 0.500. The largest absolute Gasteiger partial charge is 0.345 e. The molecule has 3 unspecified atom stereocenters. The summed E-state index contributed by atoms with van der Waals surface area (Å²) in [6.45, 7) is 9.52. The van der Waals surface area contributed by atoms with E-state index in [1.807, 2.05) is 25.1 Å². The maximum atomic E-state index is 5.87. The molecule has 1 saturated heterocycles. The summed E-state index contributed by atoms with van der Waals surface area (Å²) in [6, 6.07) is 10.1. The summed E-state index contributed by atoms with van der Waals surface area (Å²) in [5, 5.41) is 0. The fourth-order valence-electron chi connectivity index (χ4n) is 1.93. The molecule has 0 bridgehead atoms. The number of hydrogen-bond donors (Lipinski definition) is 0. The van der Waals surface area contributed by atoms with Crippen LogP contribution in [0.25, 0.3) is 0 Å². The van der Waals surface area contributed by atoms with Crippen LogP contribution in [0, 0.1) is 0 Å². The third kappa shape index (κ3) is 4.63. The smallest absolute Gasteiger partial charge is 0.184 e. The van der Waals surface area contributed by atoms with Crippen molar-refractivity contribution in [2.45, 2.75) is 52.1 Å². The third-order valence-electron chi connectivity index (χ3n) is 2.79. The molecule has 0 aliphatic carbocycles. The second kappa shape index (κ2) is 8.06. The van der Waals surface area contributed by atoms with Crippen molar-refractivity contribution in [1.82, 2.24) is 0 Å². The van der Waals surface area contributed by atoms with Crippen molar-refractivity contribution in [3.05, 3.63) is 48.6 Å². The first-order valence-corrected chi connectivity index (χ1v) is 6.64. The molecule has 0 aromatic heterocycles. The number of ether oxygens (including phenoxy) is 2. The van der Waals surface area contributed by atoms with Gasteiger partial charge in [0.25, 0.3) is 0 Å². The van der Waals surface area contributed by atoms with Crippen LogP contribution >= 0.6 is 0 Å². The molecule has 2 rings (SSSR count). The molecule has 2 nitrogen and oxygen atoms in total. The highest BCUT2D eigenvalue weighted by molar-refractivity contribution is 5.16. The van der Waals surface area contributed by atoms with Gasteiger partial charge in [0.2, 0.25) is 0 Å². The van der Waals surface area contributed by atoms with Crippen LogP contribution in [0.15, 0.2) is 43.0 Å². The van der Waals surface area contributed by atoms with Gasteiger partial charge in [0.1, 0.15) is 0 Å². The molecule has 0 amide bonds. The minimum absolute atomic E-state index is 0.181. The van der Waals surface area contributed by atoms with Gasteiger partial charge in [-0.1, -0.05) is 43.3 Å². The molecule has 3 atom stereocenters. The average molecular weight is 248 g/mol.